The molecular formula is C59H115N3O6. The molecule has 0 aliphatic heterocycles. The minimum absolute atomic E-state index is 0.00844. The lowest BCUT2D eigenvalue weighted by Crippen LogP contribution is -2.50. The molecule has 0 aromatic heterocycles. The molecule has 0 rings (SSSR count). The molecule has 0 fully saturated rings. The molecule has 9 heteroatoms. The van der Waals surface area contributed by atoms with Crippen LogP contribution in [0.1, 0.15) is 292 Å². The fraction of sp³-hybridized carbons (Fsp3) is 0.932. The van der Waals surface area contributed by atoms with Crippen molar-refractivity contribution in [2.75, 3.05) is 45.9 Å². The largest absolute Gasteiger partial charge is 0.465 e. The molecule has 0 aliphatic carbocycles. The summed E-state index contributed by atoms with van der Waals surface area (Å²) in [7, 11) is 0. The molecule has 0 heterocycles. The minimum atomic E-state index is -0.453. The molecule has 0 aromatic rings. The third kappa shape index (κ3) is 39.5. The second kappa shape index (κ2) is 49.8. The van der Waals surface area contributed by atoms with Crippen LogP contribution in [0.2, 0.25) is 0 Å². The van der Waals surface area contributed by atoms with Gasteiger partial charge in [-0.2, -0.15) is 0 Å². The standard InChI is InChI=1S/C59H115N3O6/c1-8-15-20-23-26-32-39-49-62(56(63)47-50-61(13-6)14-7)55(44-35-28-24-25-29-36-45-57(64)67-51-53(40-18-11-4)42-33-21-16-9-2)59(66)60-48-38-31-27-30-37-46-58(65)68-52-54(41-19-12-5)43-34-22-17-10-3/h53-55H,8-52H2,1-7H3,(H,60,66). The van der Waals surface area contributed by atoms with Crippen LogP contribution in [0.3, 0.4) is 0 Å². The second-order valence-corrected chi connectivity index (χ2v) is 20.6. The van der Waals surface area contributed by atoms with Crippen molar-refractivity contribution >= 4 is 23.8 Å². The highest BCUT2D eigenvalue weighted by Gasteiger charge is 2.29. The fourth-order valence-electron chi connectivity index (χ4n) is 9.52. The van der Waals surface area contributed by atoms with E-state index in [0.29, 0.717) is 63.8 Å². The van der Waals surface area contributed by atoms with E-state index in [-0.39, 0.29) is 23.8 Å². The zero-order valence-corrected chi connectivity index (χ0v) is 46.4. The summed E-state index contributed by atoms with van der Waals surface area (Å²) in [6.07, 6.45) is 40.4. The van der Waals surface area contributed by atoms with Crippen molar-refractivity contribution in [2.24, 2.45) is 11.8 Å². The molecule has 0 aliphatic rings. The maximum absolute atomic E-state index is 14.1. The Balaban J connectivity index is 5.19. The maximum atomic E-state index is 14.1. The van der Waals surface area contributed by atoms with Gasteiger partial charge in [-0.05, 0) is 82.7 Å². The highest BCUT2D eigenvalue weighted by molar-refractivity contribution is 5.87. The molecule has 402 valence electrons. The molecule has 9 nitrogen and oxygen atoms in total. The molecule has 3 unspecified atom stereocenters. The zero-order valence-electron chi connectivity index (χ0n) is 46.4. The predicted molar refractivity (Wildman–Crippen MR) is 289 cm³/mol. The van der Waals surface area contributed by atoms with Crippen molar-refractivity contribution < 1.29 is 28.7 Å². The van der Waals surface area contributed by atoms with Gasteiger partial charge in [0.25, 0.3) is 0 Å². The van der Waals surface area contributed by atoms with E-state index in [0.717, 1.165) is 129 Å². The van der Waals surface area contributed by atoms with Crippen LogP contribution in [0.4, 0.5) is 0 Å². The van der Waals surface area contributed by atoms with Gasteiger partial charge in [0.2, 0.25) is 11.8 Å². The van der Waals surface area contributed by atoms with Crippen LogP contribution in [-0.4, -0.2) is 85.5 Å². The molecule has 0 saturated heterocycles. The second-order valence-electron chi connectivity index (χ2n) is 20.6. The van der Waals surface area contributed by atoms with Crippen LogP contribution in [-0.2, 0) is 28.7 Å². The van der Waals surface area contributed by atoms with Crippen LogP contribution in [0, 0.1) is 11.8 Å². The predicted octanol–water partition coefficient (Wildman–Crippen LogP) is 15.9. The van der Waals surface area contributed by atoms with Crippen LogP contribution in [0.25, 0.3) is 0 Å². The summed E-state index contributed by atoms with van der Waals surface area (Å²) in [5.41, 5.74) is 0. The van der Waals surface area contributed by atoms with Gasteiger partial charge in [-0.3, -0.25) is 19.2 Å². The maximum Gasteiger partial charge on any atom is 0.305 e. The lowest BCUT2D eigenvalue weighted by Gasteiger charge is -2.32. The van der Waals surface area contributed by atoms with Gasteiger partial charge >= 0.3 is 11.9 Å². The number of nitrogens with zero attached hydrogens (tertiary/aromatic N) is 2. The lowest BCUT2D eigenvalue weighted by molar-refractivity contribution is -0.146. The lowest BCUT2D eigenvalue weighted by atomic mass is 9.96. The molecule has 3 atom stereocenters. The van der Waals surface area contributed by atoms with Crippen molar-refractivity contribution in [3.05, 3.63) is 0 Å². The van der Waals surface area contributed by atoms with E-state index in [1.165, 1.54) is 109 Å². The number of rotatable bonds is 52. The number of esters is 2. The Hall–Kier alpha value is -2.16. The zero-order chi connectivity index (χ0) is 50.1. The van der Waals surface area contributed by atoms with Gasteiger partial charge in [-0.25, -0.2) is 0 Å². The van der Waals surface area contributed by atoms with Crippen molar-refractivity contribution in [3.63, 3.8) is 0 Å². The quantitative estimate of drug-likeness (QED) is 0.0478. The Labute approximate surface area is 422 Å². The summed E-state index contributed by atoms with van der Waals surface area (Å²) in [4.78, 5) is 57.6. The number of unbranched alkanes of at least 4 members (excludes halogenated alkanes) is 23. The Morgan fingerprint density at radius 3 is 1.25 bits per heavy atom. The monoisotopic (exact) mass is 962 g/mol. The number of nitrogens with one attached hydrogen (secondary N) is 1. The van der Waals surface area contributed by atoms with E-state index in [4.69, 9.17) is 9.47 Å². The van der Waals surface area contributed by atoms with E-state index in [1.54, 1.807) is 0 Å². The molecule has 0 radical (unpaired) electrons. The van der Waals surface area contributed by atoms with E-state index in [1.807, 2.05) is 4.90 Å². The van der Waals surface area contributed by atoms with Crippen molar-refractivity contribution in [1.82, 2.24) is 15.1 Å². The van der Waals surface area contributed by atoms with E-state index in [9.17, 15) is 19.2 Å². The fourth-order valence-corrected chi connectivity index (χ4v) is 9.52. The number of carbonyl (C=O) groups excluding carboxylic acids is 4. The van der Waals surface area contributed by atoms with Crippen LogP contribution in [0.5, 0.6) is 0 Å². The number of carbonyl (C=O) groups is 4. The minimum Gasteiger partial charge on any atom is -0.465 e. The molecule has 68 heavy (non-hydrogen) atoms. The average Bonchev–Trinajstić information content (AvgIpc) is 3.34. The van der Waals surface area contributed by atoms with Crippen molar-refractivity contribution in [1.29, 1.82) is 0 Å². The summed E-state index contributed by atoms with van der Waals surface area (Å²) < 4.78 is 11.5. The third-order valence-corrected chi connectivity index (χ3v) is 14.3. The van der Waals surface area contributed by atoms with Gasteiger partial charge in [0.05, 0.1) is 13.2 Å². The Kier molecular flexibility index (Phi) is 48.2. The Bertz CT molecular complexity index is 1150. The normalized spacial score (nSPS) is 12.8. The van der Waals surface area contributed by atoms with Crippen molar-refractivity contribution in [3.8, 4) is 0 Å². The Morgan fingerprint density at radius 1 is 0.397 bits per heavy atom. The summed E-state index contributed by atoms with van der Waals surface area (Å²) in [6, 6.07) is -0.453. The molecule has 0 saturated carbocycles. The number of hydrogen-bond donors (Lipinski definition) is 1. The third-order valence-electron chi connectivity index (χ3n) is 14.3. The van der Waals surface area contributed by atoms with Gasteiger partial charge in [0.15, 0.2) is 0 Å². The van der Waals surface area contributed by atoms with Crippen LogP contribution in [0.15, 0.2) is 0 Å². The van der Waals surface area contributed by atoms with Gasteiger partial charge in [0.1, 0.15) is 6.04 Å². The topological polar surface area (TPSA) is 105 Å². The first-order valence-corrected chi connectivity index (χ1v) is 29.8. The Morgan fingerprint density at radius 2 is 0.779 bits per heavy atom. The van der Waals surface area contributed by atoms with Crippen LogP contribution >= 0.6 is 0 Å². The van der Waals surface area contributed by atoms with E-state index in [2.05, 4.69) is 58.7 Å². The number of ether oxygens (including phenoxy) is 2. The molecule has 0 bridgehead atoms. The SMILES string of the molecule is CCCCCCCCCN(C(=O)CCN(CC)CC)C(CCCCCCCCC(=O)OCC(CCCC)CCCCCC)C(=O)NCCCCCCCC(=O)OCC(CCCC)CCCCCC. The number of amides is 2. The van der Waals surface area contributed by atoms with Gasteiger partial charge in [0, 0.05) is 38.9 Å². The summed E-state index contributed by atoms with van der Waals surface area (Å²) in [5, 5.41) is 3.26. The van der Waals surface area contributed by atoms with Gasteiger partial charge in [-0.15, -0.1) is 0 Å². The molecule has 2 amide bonds. The molecule has 0 spiro atoms. The first-order chi connectivity index (χ1) is 33.2. The summed E-state index contributed by atoms with van der Waals surface area (Å²) in [5.74, 6) is 0.973. The first kappa shape index (κ1) is 65.8. The molecule has 1 N–H and O–H groups in total. The smallest absolute Gasteiger partial charge is 0.305 e. The van der Waals surface area contributed by atoms with E-state index < -0.39 is 6.04 Å². The summed E-state index contributed by atoms with van der Waals surface area (Å²) in [6.45, 7) is 20.4. The van der Waals surface area contributed by atoms with E-state index >= 15 is 0 Å². The van der Waals surface area contributed by atoms with Crippen molar-refractivity contribution in [2.45, 2.75) is 298 Å². The highest BCUT2D eigenvalue weighted by atomic mass is 16.5. The van der Waals surface area contributed by atoms with Gasteiger partial charge < -0.3 is 24.6 Å². The summed E-state index contributed by atoms with van der Waals surface area (Å²) >= 11 is 0. The first-order valence-electron chi connectivity index (χ1n) is 29.8. The average molecular weight is 963 g/mol. The molecular weight excluding hydrogens is 847 g/mol. The highest BCUT2D eigenvalue weighted by Crippen LogP contribution is 2.21. The number of hydrogen-bond acceptors (Lipinski definition) is 7. The molecule has 0 aromatic carbocycles. The van der Waals surface area contributed by atoms with Crippen LogP contribution < -0.4 is 5.32 Å². The van der Waals surface area contributed by atoms with Gasteiger partial charge in [-0.1, -0.05) is 215 Å².